The van der Waals surface area contributed by atoms with Gasteiger partial charge in [-0.3, -0.25) is 4.84 Å². The van der Waals surface area contributed by atoms with Crippen molar-refractivity contribution in [1.82, 2.24) is 15.0 Å². The fourth-order valence-corrected chi connectivity index (χ4v) is 8.38. The van der Waals surface area contributed by atoms with Crippen molar-refractivity contribution in [3.05, 3.63) is 78.0 Å². The lowest BCUT2D eigenvalue weighted by Gasteiger charge is -2.61. The van der Waals surface area contributed by atoms with Gasteiger partial charge in [-0.05, 0) is 73.3 Å². The molecular formula is C30H34FN3O3. The van der Waals surface area contributed by atoms with Gasteiger partial charge in [0.05, 0.1) is 37.0 Å². The van der Waals surface area contributed by atoms with E-state index in [1.54, 1.807) is 18.6 Å². The highest BCUT2D eigenvalue weighted by molar-refractivity contribution is 5.69. The molecule has 4 fully saturated rings. The fraction of sp³-hybridized carbons (Fsp3) is 0.500. The summed E-state index contributed by atoms with van der Waals surface area (Å²) in [4.78, 5) is 10.2. The number of hydrogen-bond donors (Lipinski definition) is 3. The summed E-state index contributed by atoms with van der Waals surface area (Å²) in [6, 6.07) is 14.8. The van der Waals surface area contributed by atoms with Crippen molar-refractivity contribution in [2.45, 2.75) is 62.8 Å². The highest BCUT2D eigenvalue weighted by atomic mass is 19.1. The van der Waals surface area contributed by atoms with E-state index in [9.17, 15) is 14.6 Å². The van der Waals surface area contributed by atoms with Crippen LogP contribution in [0, 0.1) is 29.0 Å². The molecule has 5 aliphatic rings. The van der Waals surface area contributed by atoms with Gasteiger partial charge in [-0.15, -0.1) is 0 Å². The van der Waals surface area contributed by atoms with E-state index in [2.05, 4.69) is 10.5 Å². The van der Waals surface area contributed by atoms with E-state index in [-0.39, 0.29) is 29.9 Å². The average Bonchev–Trinajstić information content (AvgIpc) is 3.49. The molecule has 1 aliphatic heterocycles. The summed E-state index contributed by atoms with van der Waals surface area (Å²) in [5.41, 5.74) is 6.54. The Kier molecular flexibility index (Phi) is 5.73. The molecule has 5 unspecified atom stereocenters. The largest absolute Gasteiger partial charge is 0.392 e. The number of nitrogens with one attached hydrogen (secondary N) is 1. The molecular weight excluding hydrogens is 469 g/mol. The molecule has 37 heavy (non-hydrogen) atoms. The van der Waals surface area contributed by atoms with Gasteiger partial charge in [0.2, 0.25) is 0 Å². The van der Waals surface area contributed by atoms with Gasteiger partial charge in [0.25, 0.3) is 0 Å². The summed E-state index contributed by atoms with van der Waals surface area (Å²) in [6.07, 6.45) is 8.16. The lowest BCUT2D eigenvalue weighted by Crippen LogP contribution is -2.61. The number of aliphatic hydroxyl groups excluding tert-OH is 2. The Labute approximate surface area is 216 Å². The monoisotopic (exact) mass is 503 g/mol. The second kappa shape index (κ2) is 9.02. The number of imidazole rings is 1. The van der Waals surface area contributed by atoms with Gasteiger partial charge < -0.3 is 14.8 Å². The van der Waals surface area contributed by atoms with E-state index >= 15 is 0 Å². The molecule has 0 amide bonds. The minimum atomic E-state index is -0.665. The van der Waals surface area contributed by atoms with Crippen LogP contribution in [0.25, 0.3) is 11.3 Å². The summed E-state index contributed by atoms with van der Waals surface area (Å²) < 4.78 is 17.0. The zero-order valence-corrected chi connectivity index (χ0v) is 20.8. The van der Waals surface area contributed by atoms with Crippen LogP contribution in [0.3, 0.4) is 0 Å². The van der Waals surface area contributed by atoms with Gasteiger partial charge in [-0.2, -0.15) is 5.48 Å². The lowest BCUT2D eigenvalue weighted by atomic mass is 9.46. The number of aromatic nitrogens is 2. The van der Waals surface area contributed by atoms with Gasteiger partial charge in [0.15, 0.2) is 0 Å². The SMILES string of the molecule is OC(CONC1C2CC3CC1CC(C(O)CC1c4c(F)cccc4-c4cncn41)(C3)C2)c1ccccc1. The highest BCUT2D eigenvalue weighted by Gasteiger charge is 2.58. The van der Waals surface area contributed by atoms with Crippen molar-refractivity contribution < 1.29 is 19.4 Å². The van der Waals surface area contributed by atoms with Crippen molar-refractivity contribution in [2.24, 2.45) is 23.2 Å². The molecule has 7 heteroatoms. The second-order valence-electron chi connectivity index (χ2n) is 11.9. The van der Waals surface area contributed by atoms with Gasteiger partial charge in [-0.25, -0.2) is 9.37 Å². The van der Waals surface area contributed by atoms with Gasteiger partial charge >= 0.3 is 0 Å². The molecule has 2 aromatic carbocycles. The summed E-state index contributed by atoms with van der Waals surface area (Å²) in [6.45, 7) is 0.205. The molecule has 2 heterocycles. The van der Waals surface area contributed by atoms with E-state index in [4.69, 9.17) is 4.84 Å². The molecule has 4 bridgehead atoms. The minimum absolute atomic E-state index is 0.132. The Morgan fingerprint density at radius 1 is 1.05 bits per heavy atom. The Morgan fingerprint density at radius 3 is 2.62 bits per heavy atom. The minimum Gasteiger partial charge on any atom is -0.392 e. The molecule has 5 atom stereocenters. The summed E-state index contributed by atoms with van der Waals surface area (Å²) in [7, 11) is 0. The van der Waals surface area contributed by atoms with Crippen LogP contribution in [0.5, 0.6) is 0 Å². The van der Waals surface area contributed by atoms with Crippen LogP contribution in [0.2, 0.25) is 0 Å². The first-order chi connectivity index (χ1) is 18.0. The Hall–Kier alpha value is -2.58. The van der Waals surface area contributed by atoms with Crippen molar-refractivity contribution >= 4 is 0 Å². The normalized spacial score (nSPS) is 32.8. The number of hydrogen-bond acceptors (Lipinski definition) is 5. The molecule has 194 valence electrons. The number of aliphatic hydroxyl groups is 2. The quantitative estimate of drug-likeness (QED) is 0.385. The van der Waals surface area contributed by atoms with E-state index in [0.717, 1.165) is 48.9 Å². The fourth-order valence-electron chi connectivity index (χ4n) is 8.38. The Morgan fingerprint density at radius 2 is 1.84 bits per heavy atom. The van der Waals surface area contributed by atoms with Crippen molar-refractivity contribution in [3.63, 3.8) is 0 Å². The predicted octanol–water partition coefficient (Wildman–Crippen LogP) is 4.79. The standard InChI is InChI=1S/C30H34FN3O3/c31-23-8-4-7-22-25-15-32-17-34(25)24(28(22)23)11-27(36)30-12-18-9-20(13-30)29(21(10-18)14-30)33-37-16-26(35)19-5-2-1-3-6-19/h1-8,15,17-18,20-21,24,26-27,29,33,35-36H,9-14,16H2. The van der Waals surface area contributed by atoms with E-state index in [1.165, 1.54) is 6.07 Å². The number of nitrogens with zero attached hydrogens (tertiary/aromatic N) is 2. The molecule has 4 saturated carbocycles. The first-order valence-electron chi connectivity index (χ1n) is 13.6. The van der Waals surface area contributed by atoms with Crippen LogP contribution in [0.4, 0.5) is 4.39 Å². The third-order valence-electron chi connectivity index (χ3n) is 9.78. The summed E-state index contributed by atoms with van der Waals surface area (Å²) in [5.74, 6) is 1.29. The molecule has 0 saturated heterocycles. The van der Waals surface area contributed by atoms with Crippen LogP contribution < -0.4 is 5.48 Å². The first kappa shape index (κ1) is 23.5. The Balaban J connectivity index is 1.05. The van der Waals surface area contributed by atoms with E-state index in [0.29, 0.717) is 29.7 Å². The maximum Gasteiger partial charge on any atom is 0.129 e. The number of fused-ring (bicyclic) bond motifs is 3. The molecule has 1 aromatic heterocycles. The maximum absolute atomic E-state index is 15.0. The summed E-state index contributed by atoms with van der Waals surface area (Å²) >= 11 is 0. The molecule has 4 aliphatic carbocycles. The molecule has 6 nitrogen and oxygen atoms in total. The predicted molar refractivity (Wildman–Crippen MR) is 137 cm³/mol. The molecule has 0 spiro atoms. The van der Waals surface area contributed by atoms with Crippen molar-refractivity contribution in [3.8, 4) is 11.3 Å². The van der Waals surface area contributed by atoms with Crippen LogP contribution in [0.15, 0.2) is 61.1 Å². The summed E-state index contributed by atoms with van der Waals surface area (Å²) in [5, 5.41) is 22.2. The maximum atomic E-state index is 15.0. The topological polar surface area (TPSA) is 79.5 Å². The third kappa shape index (κ3) is 3.86. The molecule has 3 aromatic rings. The number of halogens is 1. The van der Waals surface area contributed by atoms with E-state index < -0.39 is 12.2 Å². The number of benzene rings is 2. The smallest absolute Gasteiger partial charge is 0.129 e. The Bertz CT molecular complexity index is 1260. The average molecular weight is 504 g/mol. The third-order valence-corrected chi connectivity index (χ3v) is 9.78. The number of hydroxylamine groups is 1. The van der Waals surface area contributed by atoms with Crippen LogP contribution >= 0.6 is 0 Å². The number of rotatable bonds is 8. The second-order valence-corrected chi connectivity index (χ2v) is 11.9. The van der Waals surface area contributed by atoms with Gasteiger partial charge in [0.1, 0.15) is 11.9 Å². The zero-order chi connectivity index (χ0) is 25.1. The highest BCUT2D eigenvalue weighted by Crippen LogP contribution is 2.62. The van der Waals surface area contributed by atoms with Crippen LogP contribution in [-0.4, -0.2) is 38.5 Å². The van der Waals surface area contributed by atoms with Crippen molar-refractivity contribution in [1.29, 1.82) is 0 Å². The van der Waals surface area contributed by atoms with Gasteiger partial charge in [0, 0.05) is 17.2 Å². The molecule has 3 N–H and O–H groups in total. The first-order valence-corrected chi connectivity index (χ1v) is 13.6. The molecule has 8 rings (SSSR count). The van der Waals surface area contributed by atoms with Crippen LogP contribution in [0.1, 0.15) is 61.8 Å². The van der Waals surface area contributed by atoms with E-state index in [1.807, 2.05) is 41.0 Å². The zero-order valence-electron chi connectivity index (χ0n) is 20.8. The van der Waals surface area contributed by atoms with Gasteiger partial charge in [-0.1, -0.05) is 42.5 Å². The van der Waals surface area contributed by atoms with Crippen LogP contribution in [-0.2, 0) is 4.84 Å². The molecule has 0 radical (unpaired) electrons. The van der Waals surface area contributed by atoms with Crippen molar-refractivity contribution in [2.75, 3.05) is 6.61 Å². The lowest BCUT2D eigenvalue weighted by molar-refractivity contribution is -0.165.